The molecule has 0 aromatic carbocycles. The molecule has 0 aliphatic carbocycles. The summed E-state index contributed by atoms with van der Waals surface area (Å²) in [5.41, 5.74) is 0. The molecule has 98 valence electrons. The van der Waals surface area contributed by atoms with Crippen LogP contribution in [0.4, 0.5) is 0 Å². The zero-order valence-electron chi connectivity index (χ0n) is 10.7. The molecule has 0 saturated carbocycles. The number of hydrogen-bond donors (Lipinski definition) is 1. The monoisotopic (exact) mass is 241 g/mol. The van der Waals surface area contributed by atoms with E-state index in [9.17, 15) is 4.79 Å². The van der Waals surface area contributed by atoms with E-state index >= 15 is 0 Å². The van der Waals surface area contributed by atoms with Gasteiger partial charge in [-0.05, 0) is 13.3 Å². The molecule has 1 amide bonds. The first kappa shape index (κ1) is 12.8. The highest BCUT2D eigenvalue weighted by atomic mass is 16.5. The van der Waals surface area contributed by atoms with Crippen LogP contribution in [0.1, 0.15) is 13.3 Å². The van der Waals surface area contributed by atoms with Crippen LogP contribution in [0, 0.1) is 0 Å². The summed E-state index contributed by atoms with van der Waals surface area (Å²) in [6.07, 6.45) is 0.958. The maximum Gasteiger partial charge on any atom is 0.239 e. The van der Waals surface area contributed by atoms with E-state index in [4.69, 9.17) is 4.74 Å². The van der Waals surface area contributed by atoms with Crippen molar-refractivity contribution < 1.29 is 9.53 Å². The molecule has 5 heteroatoms. The van der Waals surface area contributed by atoms with Gasteiger partial charge in [0.2, 0.25) is 5.91 Å². The molecule has 2 aliphatic heterocycles. The quantitative estimate of drug-likeness (QED) is 0.710. The lowest BCUT2D eigenvalue weighted by Gasteiger charge is -2.34. The number of nitrogens with one attached hydrogen (secondary N) is 1. The fraction of sp³-hybridized carbons (Fsp3) is 0.917. The predicted octanol–water partition coefficient (Wildman–Crippen LogP) is -0.471. The standard InChI is InChI=1S/C12H23N3O2/c1-11(14-6-3-13-4-7-14)12(16)15-5-2-9-17-10-8-15/h11,13H,2-10H2,1H3. The Morgan fingerprint density at radius 3 is 2.71 bits per heavy atom. The molecule has 0 aromatic heterocycles. The van der Waals surface area contributed by atoms with Gasteiger partial charge in [-0.2, -0.15) is 0 Å². The molecule has 1 N–H and O–H groups in total. The molecular formula is C12H23N3O2. The minimum atomic E-state index is 0.00944. The van der Waals surface area contributed by atoms with Crippen LogP contribution >= 0.6 is 0 Å². The number of carbonyl (C=O) groups excluding carboxylic acids is 1. The van der Waals surface area contributed by atoms with Crippen LogP contribution in [0.2, 0.25) is 0 Å². The highest BCUT2D eigenvalue weighted by Crippen LogP contribution is 2.08. The molecule has 2 heterocycles. The average molecular weight is 241 g/mol. The summed E-state index contributed by atoms with van der Waals surface area (Å²) in [6, 6.07) is 0.00944. The fourth-order valence-corrected chi connectivity index (χ4v) is 2.46. The number of rotatable bonds is 2. The Bertz CT molecular complexity index is 246. The first-order valence-electron chi connectivity index (χ1n) is 6.60. The normalized spacial score (nSPS) is 25.4. The van der Waals surface area contributed by atoms with Crippen LogP contribution in [0.15, 0.2) is 0 Å². The van der Waals surface area contributed by atoms with Crippen LogP contribution in [0.5, 0.6) is 0 Å². The lowest BCUT2D eigenvalue weighted by molar-refractivity contribution is -0.136. The van der Waals surface area contributed by atoms with Gasteiger partial charge in [0.15, 0.2) is 0 Å². The van der Waals surface area contributed by atoms with Gasteiger partial charge in [0.25, 0.3) is 0 Å². The van der Waals surface area contributed by atoms with Gasteiger partial charge in [-0.15, -0.1) is 0 Å². The van der Waals surface area contributed by atoms with E-state index < -0.39 is 0 Å². The summed E-state index contributed by atoms with van der Waals surface area (Å²) < 4.78 is 5.38. The third kappa shape index (κ3) is 3.40. The SMILES string of the molecule is CC(C(=O)N1CCCOCC1)N1CCNCC1. The first-order valence-corrected chi connectivity index (χ1v) is 6.60. The minimum Gasteiger partial charge on any atom is -0.380 e. The number of hydrogen-bond acceptors (Lipinski definition) is 4. The van der Waals surface area contributed by atoms with Crippen LogP contribution in [0.3, 0.4) is 0 Å². The van der Waals surface area contributed by atoms with Crippen LogP contribution in [-0.2, 0) is 9.53 Å². The Morgan fingerprint density at radius 2 is 1.94 bits per heavy atom. The smallest absolute Gasteiger partial charge is 0.239 e. The van der Waals surface area contributed by atoms with E-state index in [1.807, 2.05) is 11.8 Å². The molecule has 0 aromatic rings. The topological polar surface area (TPSA) is 44.8 Å². The van der Waals surface area contributed by atoms with Crippen molar-refractivity contribution in [2.75, 3.05) is 52.5 Å². The van der Waals surface area contributed by atoms with E-state index in [0.29, 0.717) is 6.61 Å². The summed E-state index contributed by atoms with van der Waals surface area (Å²) in [7, 11) is 0. The second-order valence-electron chi connectivity index (χ2n) is 4.75. The molecule has 1 unspecified atom stereocenters. The van der Waals surface area contributed by atoms with Gasteiger partial charge in [-0.1, -0.05) is 0 Å². The molecule has 2 saturated heterocycles. The summed E-state index contributed by atoms with van der Waals surface area (Å²) in [4.78, 5) is 16.6. The van der Waals surface area contributed by atoms with Gasteiger partial charge in [0.1, 0.15) is 0 Å². The van der Waals surface area contributed by atoms with Crippen molar-refractivity contribution in [1.82, 2.24) is 15.1 Å². The van der Waals surface area contributed by atoms with Crippen molar-refractivity contribution in [2.45, 2.75) is 19.4 Å². The van der Waals surface area contributed by atoms with Gasteiger partial charge in [-0.25, -0.2) is 0 Å². The van der Waals surface area contributed by atoms with Crippen LogP contribution < -0.4 is 5.32 Å². The Morgan fingerprint density at radius 1 is 1.18 bits per heavy atom. The average Bonchev–Trinajstić information content (AvgIpc) is 2.67. The second-order valence-corrected chi connectivity index (χ2v) is 4.75. The highest BCUT2D eigenvalue weighted by Gasteiger charge is 2.27. The summed E-state index contributed by atoms with van der Waals surface area (Å²) in [6.45, 7) is 8.99. The molecule has 1 atom stereocenters. The lowest BCUT2D eigenvalue weighted by Crippen LogP contribution is -2.53. The Balaban J connectivity index is 1.88. The maximum atomic E-state index is 12.4. The van der Waals surface area contributed by atoms with Gasteiger partial charge in [-0.3, -0.25) is 9.69 Å². The third-order valence-corrected chi connectivity index (χ3v) is 3.59. The molecule has 17 heavy (non-hydrogen) atoms. The second kappa shape index (κ2) is 6.33. The highest BCUT2D eigenvalue weighted by molar-refractivity contribution is 5.81. The van der Waals surface area contributed by atoms with Gasteiger partial charge < -0.3 is 15.0 Å². The van der Waals surface area contributed by atoms with E-state index in [0.717, 1.165) is 52.3 Å². The number of piperazine rings is 1. The number of amides is 1. The molecule has 2 aliphatic rings. The molecule has 0 bridgehead atoms. The number of nitrogens with zero attached hydrogens (tertiary/aromatic N) is 2. The largest absolute Gasteiger partial charge is 0.380 e. The third-order valence-electron chi connectivity index (χ3n) is 3.59. The first-order chi connectivity index (χ1) is 8.29. The molecule has 2 fully saturated rings. The Labute approximate surface area is 103 Å². The van der Waals surface area contributed by atoms with E-state index in [-0.39, 0.29) is 11.9 Å². The van der Waals surface area contributed by atoms with Gasteiger partial charge >= 0.3 is 0 Å². The molecular weight excluding hydrogens is 218 g/mol. The van der Waals surface area contributed by atoms with E-state index in [1.165, 1.54) is 0 Å². The molecule has 0 radical (unpaired) electrons. The van der Waals surface area contributed by atoms with Crippen molar-refractivity contribution in [3.8, 4) is 0 Å². The van der Waals surface area contributed by atoms with Gasteiger partial charge in [0.05, 0.1) is 12.6 Å². The minimum absolute atomic E-state index is 0.00944. The predicted molar refractivity (Wildman–Crippen MR) is 65.9 cm³/mol. The van der Waals surface area contributed by atoms with Crippen molar-refractivity contribution in [3.05, 3.63) is 0 Å². The fourth-order valence-electron chi connectivity index (χ4n) is 2.46. The summed E-state index contributed by atoms with van der Waals surface area (Å²) >= 11 is 0. The number of ether oxygens (including phenoxy) is 1. The van der Waals surface area contributed by atoms with Crippen molar-refractivity contribution in [3.63, 3.8) is 0 Å². The summed E-state index contributed by atoms with van der Waals surface area (Å²) in [5.74, 6) is 0.261. The molecule has 0 spiro atoms. The zero-order chi connectivity index (χ0) is 12.1. The zero-order valence-corrected chi connectivity index (χ0v) is 10.7. The van der Waals surface area contributed by atoms with Crippen molar-refractivity contribution in [2.24, 2.45) is 0 Å². The van der Waals surface area contributed by atoms with Crippen LogP contribution in [-0.4, -0.2) is 74.2 Å². The Kier molecular flexibility index (Phi) is 4.76. The number of carbonyl (C=O) groups is 1. The van der Waals surface area contributed by atoms with Crippen LogP contribution in [0.25, 0.3) is 0 Å². The van der Waals surface area contributed by atoms with E-state index in [2.05, 4.69) is 10.2 Å². The molecule has 5 nitrogen and oxygen atoms in total. The van der Waals surface area contributed by atoms with Crippen molar-refractivity contribution >= 4 is 5.91 Å². The molecule has 2 rings (SSSR count). The van der Waals surface area contributed by atoms with Crippen molar-refractivity contribution in [1.29, 1.82) is 0 Å². The Hall–Kier alpha value is -0.650. The van der Waals surface area contributed by atoms with E-state index in [1.54, 1.807) is 0 Å². The lowest BCUT2D eigenvalue weighted by atomic mass is 10.2. The van der Waals surface area contributed by atoms with Gasteiger partial charge in [0, 0.05) is 45.9 Å². The summed E-state index contributed by atoms with van der Waals surface area (Å²) in [5, 5.41) is 3.31. The maximum absolute atomic E-state index is 12.4.